The molecule has 0 spiro atoms. The van der Waals surface area contributed by atoms with Crippen molar-refractivity contribution in [2.24, 2.45) is 0 Å². The summed E-state index contributed by atoms with van der Waals surface area (Å²) in [7, 11) is 0. The summed E-state index contributed by atoms with van der Waals surface area (Å²) in [6.45, 7) is 4.63. The molecule has 0 fully saturated rings. The third-order valence-electron chi connectivity index (χ3n) is 6.07. The Balaban J connectivity index is 1.37. The standard InChI is InChI=1S/C27H24N6O3S/c1-18-19(2)32(15-21-10-6-12-35-21)26(23(18)14-28)29-24(34)17-37-27-31-30-25(20-8-4-3-5-9-20)33(27)16-22-11-7-13-36-22/h3-13H,15-17H2,1-2H3,(H,29,34). The van der Waals surface area contributed by atoms with Gasteiger partial charge >= 0.3 is 0 Å². The fourth-order valence-corrected chi connectivity index (χ4v) is 4.82. The SMILES string of the molecule is Cc1c(C#N)c(NC(=O)CSc2nnc(-c3ccccc3)n2Cc2ccco2)n(Cc2ccco2)c1C. The van der Waals surface area contributed by atoms with Crippen LogP contribution >= 0.6 is 11.8 Å². The van der Waals surface area contributed by atoms with Gasteiger partial charge in [0.2, 0.25) is 5.91 Å². The van der Waals surface area contributed by atoms with Crippen LogP contribution in [0.1, 0.15) is 28.3 Å². The summed E-state index contributed by atoms with van der Waals surface area (Å²) in [5.41, 5.74) is 3.07. The molecule has 0 saturated carbocycles. The predicted molar refractivity (Wildman–Crippen MR) is 139 cm³/mol. The summed E-state index contributed by atoms with van der Waals surface area (Å²) >= 11 is 1.27. The van der Waals surface area contributed by atoms with E-state index in [0.717, 1.165) is 28.3 Å². The van der Waals surface area contributed by atoms with Crippen molar-refractivity contribution >= 4 is 23.5 Å². The van der Waals surface area contributed by atoms with Crippen LogP contribution in [0.5, 0.6) is 0 Å². The fraction of sp³-hybridized carbons (Fsp3) is 0.185. The highest BCUT2D eigenvalue weighted by Gasteiger charge is 2.22. The quantitative estimate of drug-likeness (QED) is 0.268. The highest BCUT2D eigenvalue weighted by Crippen LogP contribution is 2.29. The molecule has 4 aromatic heterocycles. The zero-order chi connectivity index (χ0) is 25.8. The van der Waals surface area contributed by atoms with Gasteiger partial charge < -0.3 is 18.7 Å². The Morgan fingerprint density at radius 3 is 2.27 bits per heavy atom. The van der Waals surface area contributed by atoms with Crippen LogP contribution in [0.15, 0.2) is 81.1 Å². The zero-order valence-corrected chi connectivity index (χ0v) is 21.2. The second kappa shape index (κ2) is 10.6. The minimum atomic E-state index is -0.256. The van der Waals surface area contributed by atoms with Crippen LogP contribution in [0.3, 0.4) is 0 Å². The maximum absolute atomic E-state index is 13.1. The Morgan fingerprint density at radius 1 is 0.973 bits per heavy atom. The Hall–Kier alpha value is -4.49. The molecule has 10 heteroatoms. The molecule has 186 valence electrons. The van der Waals surface area contributed by atoms with Crippen molar-refractivity contribution in [3.05, 3.63) is 95.5 Å². The molecular weight excluding hydrogens is 488 g/mol. The lowest BCUT2D eigenvalue weighted by Gasteiger charge is -2.12. The molecular formula is C27H24N6O3S. The number of hydrogen-bond acceptors (Lipinski definition) is 7. The van der Waals surface area contributed by atoms with Crippen molar-refractivity contribution in [1.29, 1.82) is 5.26 Å². The minimum absolute atomic E-state index is 0.0833. The number of thioether (sulfide) groups is 1. The van der Waals surface area contributed by atoms with E-state index in [1.54, 1.807) is 12.5 Å². The molecule has 4 heterocycles. The lowest BCUT2D eigenvalue weighted by Crippen LogP contribution is -2.19. The van der Waals surface area contributed by atoms with E-state index < -0.39 is 0 Å². The van der Waals surface area contributed by atoms with Gasteiger partial charge in [-0.15, -0.1) is 10.2 Å². The number of amides is 1. The number of hydrogen-bond donors (Lipinski definition) is 1. The van der Waals surface area contributed by atoms with E-state index in [1.807, 2.05) is 77.6 Å². The number of benzene rings is 1. The Kier molecular flexibility index (Phi) is 6.96. The third kappa shape index (κ3) is 5.08. The van der Waals surface area contributed by atoms with Gasteiger partial charge in [-0.3, -0.25) is 9.36 Å². The summed E-state index contributed by atoms with van der Waals surface area (Å²) < 4.78 is 14.9. The van der Waals surface area contributed by atoms with E-state index in [0.29, 0.717) is 35.5 Å². The van der Waals surface area contributed by atoms with Gasteiger partial charge in [-0.05, 0) is 43.7 Å². The lowest BCUT2D eigenvalue weighted by molar-refractivity contribution is -0.113. The van der Waals surface area contributed by atoms with Gasteiger partial charge in [0, 0.05) is 11.3 Å². The number of nitrogens with zero attached hydrogens (tertiary/aromatic N) is 5. The van der Waals surface area contributed by atoms with E-state index in [4.69, 9.17) is 8.83 Å². The van der Waals surface area contributed by atoms with Crippen molar-refractivity contribution in [3.63, 3.8) is 0 Å². The van der Waals surface area contributed by atoms with E-state index in [-0.39, 0.29) is 11.7 Å². The van der Waals surface area contributed by atoms with E-state index >= 15 is 0 Å². The molecule has 5 aromatic rings. The Morgan fingerprint density at radius 2 is 1.65 bits per heavy atom. The number of furan rings is 2. The minimum Gasteiger partial charge on any atom is -0.467 e. The van der Waals surface area contributed by atoms with Gasteiger partial charge in [-0.1, -0.05) is 42.1 Å². The number of nitrogens with one attached hydrogen (secondary N) is 1. The van der Waals surface area contributed by atoms with Gasteiger partial charge in [-0.2, -0.15) is 5.26 Å². The van der Waals surface area contributed by atoms with E-state index in [9.17, 15) is 10.1 Å². The molecule has 37 heavy (non-hydrogen) atoms. The van der Waals surface area contributed by atoms with Gasteiger partial charge in [0.1, 0.15) is 23.4 Å². The molecule has 1 aromatic carbocycles. The Labute approximate surface area is 217 Å². The predicted octanol–water partition coefficient (Wildman–Crippen LogP) is 5.25. The molecule has 1 amide bonds. The first-order valence-electron chi connectivity index (χ1n) is 11.6. The zero-order valence-electron chi connectivity index (χ0n) is 20.3. The molecule has 0 saturated heterocycles. The number of carbonyl (C=O) groups excluding carboxylic acids is 1. The van der Waals surface area contributed by atoms with Crippen molar-refractivity contribution in [2.45, 2.75) is 32.1 Å². The molecule has 0 aliphatic rings. The van der Waals surface area contributed by atoms with Gasteiger partial charge in [0.05, 0.1) is 36.9 Å². The maximum Gasteiger partial charge on any atom is 0.235 e. The molecule has 0 unspecified atom stereocenters. The third-order valence-corrected chi connectivity index (χ3v) is 7.03. The van der Waals surface area contributed by atoms with E-state index in [1.165, 1.54) is 11.8 Å². The number of carbonyl (C=O) groups is 1. The van der Waals surface area contributed by atoms with Crippen molar-refractivity contribution in [2.75, 3.05) is 11.1 Å². The number of nitriles is 1. The summed E-state index contributed by atoms with van der Waals surface area (Å²) in [4.78, 5) is 13.1. The highest BCUT2D eigenvalue weighted by molar-refractivity contribution is 7.99. The smallest absolute Gasteiger partial charge is 0.235 e. The lowest BCUT2D eigenvalue weighted by atomic mass is 10.2. The molecule has 0 aliphatic carbocycles. The average Bonchev–Trinajstić information content (AvgIpc) is 3.71. The largest absolute Gasteiger partial charge is 0.467 e. The van der Waals surface area contributed by atoms with Crippen LogP contribution in [-0.4, -0.2) is 31.0 Å². The fourth-order valence-electron chi connectivity index (χ4n) is 4.08. The number of aromatic nitrogens is 4. The second-order valence-corrected chi connectivity index (χ2v) is 9.33. The van der Waals surface area contributed by atoms with Crippen molar-refractivity contribution in [1.82, 2.24) is 19.3 Å². The molecule has 0 atom stereocenters. The molecule has 0 bridgehead atoms. The van der Waals surface area contributed by atoms with Crippen LogP contribution in [0, 0.1) is 25.2 Å². The van der Waals surface area contributed by atoms with Gasteiger partial charge in [0.15, 0.2) is 11.0 Å². The average molecular weight is 513 g/mol. The van der Waals surface area contributed by atoms with Gasteiger partial charge in [-0.25, -0.2) is 0 Å². The van der Waals surface area contributed by atoms with Crippen molar-refractivity contribution in [3.8, 4) is 17.5 Å². The number of rotatable bonds is 9. The normalized spacial score (nSPS) is 10.9. The molecule has 0 radical (unpaired) electrons. The Bertz CT molecular complexity index is 1540. The van der Waals surface area contributed by atoms with Crippen molar-refractivity contribution < 1.29 is 13.6 Å². The number of anilines is 1. The second-order valence-electron chi connectivity index (χ2n) is 8.39. The van der Waals surface area contributed by atoms with Crippen LogP contribution in [-0.2, 0) is 17.9 Å². The molecule has 0 aliphatic heterocycles. The molecule has 1 N–H and O–H groups in total. The molecule has 9 nitrogen and oxygen atoms in total. The first kappa shape index (κ1) is 24.2. The monoisotopic (exact) mass is 512 g/mol. The van der Waals surface area contributed by atoms with E-state index in [2.05, 4.69) is 21.6 Å². The summed E-state index contributed by atoms with van der Waals surface area (Å²) in [6.07, 6.45) is 3.22. The first-order chi connectivity index (χ1) is 18.0. The van der Waals surface area contributed by atoms with Crippen LogP contribution < -0.4 is 5.32 Å². The first-order valence-corrected chi connectivity index (χ1v) is 12.6. The van der Waals surface area contributed by atoms with Crippen LogP contribution in [0.25, 0.3) is 11.4 Å². The van der Waals surface area contributed by atoms with Gasteiger partial charge in [0.25, 0.3) is 0 Å². The summed E-state index contributed by atoms with van der Waals surface area (Å²) in [6, 6.07) is 19.4. The summed E-state index contributed by atoms with van der Waals surface area (Å²) in [5, 5.41) is 22.1. The maximum atomic E-state index is 13.1. The highest BCUT2D eigenvalue weighted by atomic mass is 32.2. The molecule has 5 rings (SSSR count). The van der Waals surface area contributed by atoms with Crippen LogP contribution in [0.2, 0.25) is 0 Å². The van der Waals surface area contributed by atoms with Crippen LogP contribution in [0.4, 0.5) is 5.82 Å². The summed E-state index contributed by atoms with van der Waals surface area (Å²) in [5.74, 6) is 2.45. The topological polar surface area (TPSA) is 115 Å².